The highest BCUT2D eigenvalue weighted by Crippen LogP contribution is 2.34. The van der Waals surface area contributed by atoms with Crippen LogP contribution in [-0.2, 0) is 0 Å². The fourth-order valence-corrected chi connectivity index (χ4v) is 2.53. The topological polar surface area (TPSA) is 50.7 Å². The molecule has 2 N–H and O–H groups in total. The van der Waals surface area contributed by atoms with Gasteiger partial charge in [0.1, 0.15) is 0 Å². The van der Waals surface area contributed by atoms with Gasteiger partial charge in [0.05, 0.1) is 20.3 Å². The normalized spacial score (nSPS) is 21.2. The van der Waals surface area contributed by atoms with Gasteiger partial charge in [-0.2, -0.15) is 0 Å². The molecule has 120 valence electrons. The summed E-state index contributed by atoms with van der Waals surface area (Å²) in [6.45, 7) is 6.04. The first-order valence-electron chi connectivity index (χ1n) is 7.29. The van der Waals surface area contributed by atoms with E-state index in [0.29, 0.717) is 18.4 Å². The van der Waals surface area contributed by atoms with Crippen molar-refractivity contribution in [2.75, 3.05) is 26.9 Å². The third-order valence-corrected chi connectivity index (χ3v) is 3.67. The summed E-state index contributed by atoms with van der Waals surface area (Å²) in [5.74, 6) is 2.50. The molecule has 0 aromatic heterocycles. The fraction of sp³-hybridized carbons (Fsp3) is 0.625. The van der Waals surface area contributed by atoms with E-state index in [1.165, 1.54) is 5.56 Å². The summed E-state index contributed by atoms with van der Waals surface area (Å²) in [6, 6.07) is 6.35. The van der Waals surface area contributed by atoms with Gasteiger partial charge >= 0.3 is 0 Å². The minimum absolute atomic E-state index is 0. The van der Waals surface area contributed by atoms with Crippen molar-refractivity contribution in [3.05, 3.63) is 23.8 Å². The molecular weight excluding hydrogens is 290 g/mol. The molecule has 1 aromatic carbocycles. The monoisotopic (exact) mass is 315 g/mol. The maximum atomic E-state index is 9.21. The van der Waals surface area contributed by atoms with E-state index in [9.17, 15) is 5.11 Å². The highest BCUT2D eigenvalue weighted by atomic mass is 35.5. The van der Waals surface area contributed by atoms with Crippen LogP contribution in [0, 0.1) is 5.92 Å². The first-order valence-corrected chi connectivity index (χ1v) is 7.29. The summed E-state index contributed by atoms with van der Waals surface area (Å²) in [7, 11) is 1.66. The Morgan fingerprint density at radius 2 is 2.10 bits per heavy atom. The van der Waals surface area contributed by atoms with Gasteiger partial charge in [0.25, 0.3) is 0 Å². The predicted molar refractivity (Wildman–Crippen MR) is 86.8 cm³/mol. The summed E-state index contributed by atoms with van der Waals surface area (Å²) in [6.07, 6.45) is 0.965. The van der Waals surface area contributed by atoms with Gasteiger partial charge in [-0.1, -0.05) is 19.9 Å². The number of rotatable bonds is 6. The SMILES string of the molecule is COc1ccc([C@H]2CN[C@@H](CO)C2)cc1OCC(C)C.Cl. The van der Waals surface area contributed by atoms with E-state index < -0.39 is 0 Å². The first-order chi connectivity index (χ1) is 9.63. The third-order valence-electron chi connectivity index (χ3n) is 3.67. The lowest BCUT2D eigenvalue weighted by Crippen LogP contribution is -2.24. The summed E-state index contributed by atoms with van der Waals surface area (Å²) in [5, 5.41) is 12.5. The van der Waals surface area contributed by atoms with Gasteiger partial charge in [-0.25, -0.2) is 0 Å². The molecule has 0 radical (unpaired) electrons. The van der Waals surface area contributed by atoms with Gasteiger partial charge in [-0.05, 0) is 36.0 Å². The Labute approximate surface area is 133 Å². The molecule has 0 spiro atoms. The minimum Gasteiger partial charge on any atom is -0.493 e. The average molecular weight is 316 g/mol. The quantitative estimate of drug-likeness (QED) is 0.847. The van der Waals surface area contributed by atoms with Gasteiger partial charge in [0.2, 0.25) is 0 Å². The molecule has 0 unspecified atom stereocenters. The molecule has 2 rings (SSSR count). The van der Waals surface area contributed by atoms with Crippen molar-refractivity contribution < 1.29 is 14.6 Å². The second-order valence-corrected chi connectivity index (χ2v) is 5.84. The summed E-state index contributed by atoms with van der Waals surface area (Å²) < 4.78 is 11.2. The van der Waals surface area contributed by atoms with Crippen LogP contribution in [-0.4, -0.2) is 38.0 Å². The second kappa shape index (κ2) is 8.47. The highest BCUT2D eigenvalue weighted by molar-refractivity contribution is 5.85. The zero-order chi connectivity index (χ0) is 14.5. The Morgan fingerprint density at radius 3 is 2.67 bits per heavy atom. The molecule has 1 fully saturated rings. The van der Waals surface area contributed by atoms with Crippen LogP contribution in [0.4, 0.5) is 0 Å². The molecule has 1 aliphatic heterocycles. The number of benzene rings is 1. The summed E-state index contributed by atoms with van der Waals surface area (Å²) in [4.78, 5) is 0. The van der Waals surface area contributed by atoms with Crippen molar-refractivity contribution in [1.82, 2.24) is 5.32 Å². The average Bonchev–Trinajstić information content (AvgIpc) is 2.93. The minimum atomic E-state index is 0. The van der Waals surface area contributed by atoms with Crippen molar-refractivity contribution in [3.8, 4) is 11.5 Å². The van der Waals surface area contributed by atoms with Crippen LogP contribution >= 0.6 is 12.4 Å². The van der Waals surface area contributed by atoms with Crippen LogP contribution in [0.3, 0.4) is 0 Å². The molecule has 21 heavy (non-hydrogen) atoms. The van der Waals surface area contributed by atoms with Gasteiger partial charge in [-0.15, -0.1) is 12.4 Å². The molecule has 0 saturated carbocycles. The molecule has 1 aromatic rings. The zero-order valence-electron chi connectivity index (χ0n) is 13.0. The number of ether oxygens (including phenoxy) is 2. The first kappa shape index (κ1) is 18.1. The second-order valence-electron chi connectivity index (χ2n) is 5.84. The van der Waals surface area contributed by atoms with E-state index in [1.807, 2.05) is 6.07 Å². The van der Waals surface area contributed by atoms with Crippen molar-refractivity contribution in [2.24, 2.45) is 5.92 Å². The molecule has 4 nitrogen and oxygen atoms in total. The van der Waals surface area contributed by atoms with Crippen molar-refractivity contribution in [1.29, 1.82) is 0 Å². The maximum Gasteiger partial charge on any atom is 0.161 e. The van der Waals surface area contributed by atoms with E-state index >= 15 is 0 Å². The van der Waals surface area contributed by atoms with Crippen molar-refractivity contribution in [2.45, 2.75) is 32.2 Å². The lowest BCUT2D eigenvalue weighted by molar-refractivity contribution is 0.254. The number of halogens is 1. The number of methoxy groups -OCH3 is 1. The van der Waals surface area contributed by atoms with Crippen LogP contribution in [0.5, 0.6) is 11.5 Å². The smallest absolute Gasteiger partial charge is 0.161 e. The molecule has 1 aliphatic rings. The van der Waals surface area contributed by atoms with Gasteiger partial charge in [0, 0.05) is 12.6 Å². The Balaban J connectivity index is 0.00000220. The van der Waals surface area contributed by atoms with Crippen molar-refractivity contribution >= 4 is 12.4 Å². The van der Waals surface area contributed by atoms with Gasteiger partial charge in [-0.3, -0.25) is 0 Å². The molecule has 0 aliphatic carbocycles. The van der Waals surface area contributed by atoms with E-state index in [4.69, 9.17) is 9.47 Å². The van der Waals surface area contributed by atoms with Crippen LogP contribution in [0.15, 0.2) is 18.2 Å². The Hall–Kier alpha value is -0.970. The number of hydrogen-bond donors (Lipinski definition) is 2. The van der Waals surface area contributed by atoms with E-state index in [-0.39, 0.29) is 25.1 Å². The lowest BCUT2D eigenvalue weighted by Gasteiger charge is -2.16. The molecule has 1 saturated heterocycles. The Morgan fingerprint density at radius 1 is 1.33 bits per heavy atom. The van der Waals surface area contributed by atoms with E-state index in [2.05, 4.69) is 31.3 Å². The Kier molecular flexibility index (Phi) is 7.29. The predicted octanol–water partition coefficient (Wildman–Crippen LogP) is 2.59. The van der Waals surface area contributed by atoms with E-state index in [0.717, 1.165) is 24.5 Å². The third kappa shape index (κ3) is 4.77. The number of aliphatic hydroxyl groups is 1. The van der Waals surface area contributed by atoms with Crippen LogP contribution in [0.25, 0.3) is 0 Å². The Bertz CT molecular complexity index is 440. The van der Waals surface area contributed by atoms with Crippen LogP contribution in [0.2, 0.25) is 0 Å². The number of aliphatic hydroxyl groups excluding tert-OH is 1. The molecule has 0 bridgehead atoms. The van der Waals surface area contributed by atoms with Gasteiger partial charge in [0.15, 0.2) is 11.5 Å². The largest absolute Gasteiger partial charge is 0.493 e. The maximum absolute atomic E-state index is 9.21. The van der Waals surface area contributed by atoms with Crippen molar-refractivity contribution in [3.63, 3.8) is 0 Å². The number of hydrogen-bond acceptors (Lipinski definition) is 4. The standard InChI is InChI=1S/C16H25NO3.ClH/c1-11(2)10-20-16-7-12(4-5-15(16)19-3)13-6-14(9-18)17-8-13;/h4-5,7,11,13-14,17-18H,6,8-10H2,1-3H3;1H/t13-,14-;/m1./s1. The molecular formula is C16H26ClNO3. The molecule has 0 amide bonds. The van der Waals surface area contributed by atoms with E-state index in [1.54, 1.807) is 7.11 Å². The lowest BCUT2D eigenvalue weighted by atomic mass is 9.96. The summed E-state index contributed by atoms with van der Waals surface area (Å²) >= 11 is 0. The van der Waals surface area contributed by atoms with Crippen LogP contribution < -0.4 is 14.8 Å². The fourth-order valence-electron chi connectivity index (χ4n) is 2.53. The number of nitrogens with one attached hydrogen (secondary N) is 1. The van der Waals surface area contributed by atoms with Crippen LogP contribution in [0.1, 0.15) is 31.7 Å². The van der Waals surface area contributed by atoms with Gasteiger partial charge < -0.3 is 19.9 Å². The zero-order valence-corrected chi connectivity index (χ0v) is 13.8. The molecule has 2 atom stereocenters. The molecule has 1 heterocycles. The molecule has 5 heteroatoms. The summed E-state index contributed by atoms with van der Waals surface area (Å²) in [5.41, 5.74) is 1.24. The highest BCUT2D eigenvalue weighted by Gasteiger charge is 2.25.